The second-order valence-corrected chi connectivity index (χ2v) is 3.02. The molecule has 2 unspecified atom stereocenters. The van der Waals surface area contributed by atoms with Gasteiger partial charge in [-0.3, -0.25) is 0 Å². The van der Waals surface area contributed by atoms with Crippen LogP contribution in [-0.2, 0) is 0 Å². The monoisotopic (exact) mass is 197 g/mol. The van der Waals surface area contributed by atoms with E-state index in [4.69, 9.17) is 10.5 Å². The molecule has 0 bridgehead atoms. The molecule has 4 nitrogen and oxygen atoms in total. The minimum absolute atomic E-state index is 0.0349. The number of rotatable bonds is 4. The summed E-state index contributed by atoms with van der Waals surface area (Å²) in [4.78, 5) is 0. The van der Waals surface area contributed by atoms with Gasteiger partial charge in [0.1, 0.15) is 11.9 Å². The summed E-state index contributed by atoms with van der Waals surface area (Å²) in [5, 5.41) is 18.9. The summed E-state index contributed by atoms with van der Waals surface area (Å²) in [6.45, 7) is 0.0349. The molecule has 0 saturated carbocycles. The highest BCUT2D eigenvalue weighted by atomic mass is 16.5. The lowest BCUT2D eigenvalue weighted by Crippen LogP contribution is -2.27. The van der Waals surface area contributed by atoms with Crippen LogP contribution < -0.4 is 10.5 Å². The molecule has 0 spiro atoms. The second-order valence-electron chi connectivity index (χ2n) is 3.02. The molecule has 14 heavy (non-hydrogen) atoms. The summed E-state index contributed by atoms with van der Waals surface area (Å²) in [7, 11) is 1.57. The van der Waals surface area contributed by atoms with E-state index in [0.717, 1.165) is 0 Å². The predicted octanol–water partition coefficient (Wildman–Crippen LogP) is 0.0482. The molecule has 0 aromatic heterocycles. The van der Waals surface area contributed by atoms with Crippen LogP contribution >= 0.6 is 0 Å². The molecule has 0 aliphatic carbocycles. The zero-order valence-corrected chi connectivity index (χ0v) is 8.05. The van der Waals surface area contributed by atoms with Gasteiger partial charge < -0.3 is 20.7 Å². The first-order valence-electron chi connectivity index (χ1n) is 4.39. The van der Waals surface area contributed by atoms with Crippen LogP contribution in [0.15, 0.2) is 24.3 Å². The number of aliphatic hydroxyl groups is 2. The van der Waals surface area contributed by atoms with Crippen LogP contribution in [0.1, 0.15) is 11.7 Å². The number of aliphatic hydroxyl groups excluding tert-OH is 2. The van der Waals surface area contributed by atoms with E-state index in [1.807, 2.05) is 0 Å². The maximum atomic E-state index is 9.58. The van der Waals surface area contributed by atoms with Crippen LogP contribution in [0.4, 0.5) is 0 Å². The fourth-order valence-corrected chi connectivity index (χ4v) is 1.15. The normalized spacial score (nSPS) is 14.9. The fourth-order valence-electron chi connectivity index (χ4n) is 1.15. The van der Waals surface area contributed by atoms with Crippen molar-refractivity contribution in [2.75, 3.05) is 13.7 Å². The lowest BCUT2D eigenvalue weighted by molar-refractivity contribution is 0.0243. The van der Waals surface area contributed by atoms with E-state index in [-0.39, 0.29) is 6.54 Å². The largest absolute Gasteiger partial charge is 0.497 e. The first-order valence-corrected chi connectivity index (χ1v) is 4.39. The number of hydrogen-bond donors (Lipinski definition) is 3. The zero-order chi connectivity index (χ0) is 10.6. The quantitative estimate of drug-likeness (QED) is 0.637. The Hall–Kier alpha value is -1.10. The van der Waals surface area contributed by atoms with Crippen molar-refractivity contribution >= 4 is 0 Å². The van der Waals surface area contributed by atoms with E-state index >= 15 is 0 Å². The minimum Gasteiger partial charge on any atom is -0.497 e. The van der Waals surface area contributed by atoms with Gasteiger partial charge in [0.2, 0.25) is 0 Å². The van der Waals surface area contributed by atoms with Crippen LogP contribution in [0, 0.1) is 0 Å². The molecule has 1 rings (SSSR count). The molecule has 0 aliphatic rings. The maximum Gasteiger partial charge on any atom is 0.118 e. The molecule has 1 aromatic rings. The molecule has 2 atom stereocenters. The lowest BCUT2D eigenvalue weighted by Gasteiger charge is -2.16. The fraction of sp³-hybridized carbons (Fsp3) is 0.400. The van der Waals surface area contributed by atoms with Gasteiger partial charge in [-0.25, -0.2) is 0 Å². The first-order chi connectivity index (χ1) is 6.69. The van der Waals surface area contributed by atoms with Gasteiger partial charge in [-0.15, -0.1) is 0 Å². The van der Waals surface area contributed by atoms with Crippen LogP contribution in [0.2, 0.25) is 0 Å². The molecule has 0 heterocycles. The standard InChI is InChI=1S/C10H15NO3/c1-14-8-4-2-7(3-5-8)10(13)9(12)6-11/h2-5,9-10,12-13H,6,11H2,1H3. The lowest BCUT2D eigenvalue weighted by atomic mass is 10.0. The summed E-state index contributed by atoms with van der Waals surface area (Å²) < 4.78 is 4.97. The highest BCUT2D eigenvalue weighted by molar-refractivity contribution is 5.28. The molecular weight excluding hydrogens is 182 g/mol. The smallest absolute Gasteiger partial charge is 0.118 e. The summed E-state index contributed by atoms with van der Waals surface area (Å²) in [6.07, 6.45) is -1.87. The molecule has 0 fully saturated rings. The van der Waals surface area contributed by atoms with Gasteiger partial charge in [0.05, 0.1) is 13.2 Å². The second kappa shape index (κ2) is 4.95. The van der Waals surface area contributed by atoms with Crippen molar-refractivity contribution in [1.82, 2.24) is 0 Å². The molecule has 4 heteroatoms. The van der Waals surface area contributed by atoms with Gasteiger partial charge in [0.25, 0.3) is 0 Å². The molecule has 0 aliphatic heterocycles. The van der Waals surface area contributed by atoms with E-state index in [9.17, 15) is 10.2 Å². The summed E-state index contributed by atoms with van der Waals surface area (Å²) in [6, 6.07) is 6.84. The van der Waals surface area contributed by atoms with Gasteiger partial charge in [0, 0.05) is 6.54 Å². The maximum absolute atomic E-state index is 9.58. The zero-order valence-electron chi connectivity index (χ0n) is 8.05. The molecule has 1 aromatic carbocycles. The summed E-state index contributed by atoms with van der Waals surface area (Å²) >= 11 is 0. The van der Waals surface area contributed by atoms with Gasteiger partial charge in [-0.2, -0.15) is 0 Å². The molecule has 78 valence electrons. The third kappa shape index (κ3) is 2.45. The Kier molecular flexibility index (Phi) is 3.88. The van der Waals surface area contributed by atoms with Crippen LogP contribution in [0.3, 0.4) is 0 Å². The van der Waals surface area contributed by atoms with Crippen molar-refractivity contribution in [2.24, 2.45) is 5.73 Å². The summed E-state index contributed by atoms with van der Waals surface area (Å²) in [5.74, 6) is 0.711. The SMILES string of the molecule is COc1ccc(C(O)C(O)CN)cc1. The predicted molar refractivity (Wildman–Crippen MR) is 53.0 cm³/mol. The number of benzene rings is 1. The number of ether oxygens (including phenoxy) is 1. The first kappa shape index (κ1) is 11.0. The molecule has 0 radical (unpaired) electrons. The van der Waals surface area contributed by atoms with Crippen LogP contribution in [0.5, 0.6) is 5.75 Å². The number of nitrogens with two attached hydrogens (primary N) is 1. The van der Waals surface area contributed by atoms with Crippen molar-refractivity contribution in [2.45, 2.75) is 12.2 Å². The van der Waals surface area contributed by atoms with E-state index in [0.29, 0.717) is 11.3 Å². The molecule has 0 amide bonds. The Bertz CT molecular complexity index is 273. The van der Waals surface area contributed by atoms with Gasteiger partial charge in [-0.1, -0.05) is 12.1 Å². The third-order valence-electron chi connectivity index (χ3n) is 2.06. The Morgan fingerprint density at radius 3 is 2.29 bits per heavy atom. The average Bonchev–Trinajstić information content (AvgIpc) is 2.27. The number of methoxy groups -OCH3 is 1. The van der Waals surface area contributed by atoms with Crippen molar-refractivity contribution in [1.29, 1.82) is 0 Å². The van der Waals surface area contributed by atoms with Gasteiger partial charge in [-0.05, 0) is 17.7 Å². The van der Waals surface area contributed by atoms with E-state index < -0.39 is 12.2 Å². The van der Waals surface area contributed by atoms with E-state index in [1.165, 1.54) is 0 Å². The third-order valence-corrected chi connectivity index (χ3v) is 2.06. The highest BCUT2D eigenvalue weighted by Crippen LogP contribution is 2.19. The van der Waals surface area contributed by atoms with Crippen LogP contribution in [-0.4, -0.2) is 30.0 Å². The molecule has 4 N–H and O–H groups in total. The van der Waals surface area contributed by atoms with Crippen molar-refractivity contribution in [3.05, 3.63) is 29.8 Å². The number of hydrogen-bond acceptors (Lipinski definition) is 4. The summed E-state index contributed by atoms with van der Waals surface area (Å²) in [5.41, 5.74) is 5.86. The Labute approximate surface area is 82.9 Å². The van der Waals surface area contributed by atoms with Crippen molar-refractivity contribution < 1.29 is 14.9 Å². The van der Waals surface area contributed by atoms with Gasteiger partial charge >= 0.3 is 0 Å². The van der Waals surface area contributed by atoms with Gasteiger partial charge in [0.15, 0.2) is 0 Å². The highest BCUT2D eigenvalue weighted by Gasteiger charge is 2.16. The molecule has 0 saturated heterocycles. The Morgan fingerprint density at radius 1 is 1.29 bits per heavy atom. The Balaban J connectivity index is 2.75. The van der Waals surface area contributed by atoms with Crippen molar-refractivity contribution in [3.8, 4) is 5.75 Å². The van der Waals surface area contributed by atoms with Crippen LogP contribution in [0.25, 0.3) is 0 Å². The van der Waals surface area contributed by atoms with E-state index in [1.54, 1.807) is 31.4 Å². The topological polar surface area (TPSA) is 75.7 Å². The Morgan fingerprint density at radius 2 is 1.86 bits per heavy atom. The van der Waals surface area contributed by atoms with Crippen molar-refractivity contribution in [3.63, 3.8) is 0 Å². The molecular formula is C10H15NO3. The van der Waals surface area contributed by atoms with E-state index in [2.05, 4.69) is 0 Å². The minimum atomic E-state index is -0.939. The average molecular weight is 197 g/mol.